The molecular formula is C17H22N2O4S. The monoisotopic (exact) mass is 350 g/mol. The summed E-state index contributed by atoms with van der Waals surface area (Å²) in [5, 5.41) is 1.99. The Morgan fingerprint density at radius 2 is 2.08 bits per heavy atom. The Morgan fingerprint density at radius 3 is 2.79 bits per heavy atom. The summed E-state index contributed by atoms with van der Waals surface area (Å²) in [4.78, 5) is 29.8. The Labute approximate surface area is 145 Å². The van der Waals surface area contributed by atoms with Crippen molar-refractivity contribution in [2.45, 2.75) is 38.0 Å². The van der Waals surface area contributed by atoms with Gasteiger partial charge in [0.25, 0.3) is 5.91 Å². The summed E-state index contributed by atoms with van der Waals surface area (Å²) in [6.45, 7) is 4.63. The van der Waals surface area contributed by atoms with Crippen LogP contribution >= 0.6 is 11.3 Å². The number of aryl methyl sites for hydroxylation is 1. The summed E-state index contributed by atoms with van der Waals surface area (Å²) in [5.74, 6) is 0.0925. The Bertz CT molecular complexity index is 640. The van der Waals surface area contributed by atoms with Gasteiger partial charge in [-0.25, -0.2) is 0 Å². The van der Waals surface area contributed by atoms with Gasteiger partial charge in [-0.05, 0) is 36.8 Å². The Balaban J connectivity index is 1.51. The highest BCUT2D eigenvalue weighted by Gasteiger charge is 2.47. The minimum Gasteiger partial charge on any atom is -0.381 e. The van der Waals surface area contributed by atoms with Crippen molar-refractivity contribution in [3.05, 3.63) is 21.9 Å². The zero-order valence-electron chi connectivity index (χ0n) is 13.8. The normalized spacial score (nSPS) is 28.3. The van der Waals surface area contributed by atoms with Crippen LogP contribution in [-0.4, -0.2) is 72.7 Å². The first-order valence-corrected chi connectivity index (χ1v) is 9.36. The maximum absolute atomic E-state index is 12.7. The van der Waals surface area contributed by atoms with E-state index in [1.165, 1.54) is 11.3 Å². The van der Waals surface area contributed by atoms with Crippen molar-refractivity contribution < 1.29 is 19.1 Å². The quantitative estimate of drug-likeness (QED) is 0.806. The minimum absolute atomic E-state index is 0.0284. The summed E-state index contributed by atoms with van der Waals surface area (Å²) in [5.41, 5.74) is 1.11. The molecule has 130 valence electrons. The fourth-order valence-corrected chi connectivity index (χ4v) is 4.79. The van der Waals surface area contributed by atoms with Gasteiger partial charge in [0.05, 0.1) is 17.0 Å². The van der Waals surface area contributed by atoms with Crippen LogP contribution in [-0.2, 0) is 14.3 Å². The lowest BCUT2D eigenvalue weighted by Crippen LogP contribution is -2.58. The number of carbonyl (C=O) groups excluding carboxylic acids is 2. The van der Waals surface area contributed by atoms with E-state index in [0.717, 1.165) is 23.3 Å². The second kappa shape index (κ2) is 6.46. The van der Waals surface area contributed by atoms with E-state index in [9.17, 15) is 9.59 Å². The van der Waals surface area contributed by atoms with Crippen LogP contribution < -0.4 is 0 Å². The highest BCUT2D eigenvalue weighted by Crippen LogP contribution is 2.30. The molecule has 6 nitrogen and oxygen atoms in total. The molecule has 1 aromatic heterocycles. The molecule has 0 aliphatic carbocycles. The molecule has 2 atom stereocenters. The van der Waals surface area contributed by atoms with Crippen molar-refractivity contribution in [2.75, 3.05) is 32.9 Å². The van der Waals surface area contributed by atoms with E-state index in [4.69, 9.17) is 9.47 Å². The van der Waals surface area contributed by atoms with Gasteiger partial charge >= 0.3 is 0 Å². The number of ether oxygens (including phenoxy) is 2. The Kier molecular flexibility index (Phi) is 4.32. The summed E-state index contributed by atoms with van der Waals surface area (Å²) in [6, 6.07) is 2.11. The van der Waals surface area contributed by atoms with Gasteiger partial charge in [-0.1, -0.05) is 0 Å². The zero-order valence-corrected chi connectivity index (χ0v) is 14.6. The van der Waals surface area contributed by atoms with Gasteiger partial charge in [0.1, 0.15) is 6.61 Å². The second-order valence-corrected chi connectivity index (χ2v) is 7.67. The van der Waals surface area contributed by atoms with Gasteiger partial charge in [0.15, 0.2) is 0 Å². The lowest BCUT2D eigenvalue weighted by Gasteiger charge is -2.43. The Morgan fingerprint density at radius 1 is 1.29 bits per heavy atom. The standard InChI is InChI=1S/C17H22N2O4S/c1-11-6-15(24-10-11)17(21)18-7-13-14(8-18)23-9-16(20)19(13)12-2-4-22-5-3-12/h6,10,12-14H,2-5,7-9H2,1H3/t13-,14-/m0/s1. The highest BCUT2D eigenvalue weighted by atomic mass is 32.1. The molecule has 1 aromatic rings. The number of likely N-dealkylation sites (tertiary alicyclic amines) is 1. The van der Waals surface area contributed by atoms with Crippen LogP contribution in [0.15, 0.2) is 11.4 Å². The van der Waals surface area contributed by atoms with Crippen LogP contribution in [0.4, 0.5) is 0 Å². The van der Waals surface area contributed by atoms with Crippen LogP contribution in [0.1, 0.15) is 28.1 Å². The molecule has 0 unspecified atom stereocenters. The molecule has 7 heteroatoms. The predicted octanol–water partition coefficient (Wildman–Crippen LogP) is 1.29. The van der Waals surface area contributed by atoms with E-state index < -0.39 is 0 Å². The third-order valence-electron chi connectivity index (χ3n) is 5.12. The molecule has 4 rings (SSSR count). The molecule has 3 fully saturated rings. The number of hydrogen-bond acceptors (Lipinski definition) is 5. The van der Waals surface area contributed by atoms with E-state index in [1.807, 2.05) is 28.2 Å². The first-order valence-electron chi connectivity index (χ1n) is 8.48. The number of rotatable bonds is 2. The van der Waals surface area contributed by atoms with Crippen LogP contribution in [0.25, 0.3) is 0 Å². The van der Waals surface area contributed by atoms with Crippen molar-refractivity contribution in [1.82, 2.24) is 9.80 Å². The van der Waals surface area contributed by atoms with Crippen LogP contribution in [0.2, 0.25) is 0 Å². The van der Waals surface area contributed by atoms with Crippen molar-refractivity contribution in [2.24, 2.45) is 0 Å². The molecule has 0 aromatic carbocycles. The molecule has 0 saturated carbocycles. The van der Waals surface area contributed by atoms with Crippen molar-refractivity contribution >= 4 is 23.2 Å². The van der Waals surface area contributed by atoms with E-state index in [1.54, 1.807) is 0 Å². The molecular weight excluding hydrogens is 328 g/mol. The molecule has 0 radical (unpaired) electrons. The molecule has 0 bridgehead atoms. The van der Waals surface area contributed by atoms with Crippen molar-refractivity contribution in [3.8, 4) is 0 Å². The average molecular weight is 350 g/mol. The number of thiophene rings is 1. The van der Waals surface area contributed by atoms with Crippen LogP contribution in [0, 0.1) is 6.92 Å². The molecule has 3 saturated heterocycles. The SMILES string of the molecule is Cc1csc(C(=O)N2C[C@@H]3OCC(=O)N(C4CCOCC4)[C@H]3C2)c1. The van der Waals surface area contributed by atoms with E-state index in [0.29, 0.717) is 26.3 Å². The lowest BCUT2D eigenvalue weighted by atomic mass is 10.0. The van der Waals surface area contributed by atoms with Gasteiger partial charge in [-0.3, -0.25) is 9.59 Å². The van der Waals surface area contributed by atoms with Crippen molar-refractivity contribution in [3.63, 3.8) is 0 Å². The molecule has 4 heterocycles. The number of nitrogens with zero attached hydrogens (tertiary/aromatic N) is 2. The largest absolute Gasteiger partial charge is 0.381 e. The van der Waals surface area contributed by atoms with Gasteiger partial charge in [0.2, 0.25) is 5.91 Å². The van der Waals surface area contributed by atoms with Gasteiger partial charge in [-0.2, -0.15) is 0 Å². The second-order valence-electron chi connectivity index (χ2n) is 6.76. The van der Waals surface area contributed by atoms with Crippen molar-refractivity contribution in [1.29, 1.82) is 0 Å². The maximum Gasteiger partial charge on any atom is 0.264 e. The van der Waals surface area contributed by atoms with E-state index >= 15 is 0 Å². The topological polar surface area (TPSA) is 59.1 Å². The summed E-state index contributed by atoms with van der Waals surface area (Å²) in [6.07, 6.45) is 1.66. The Hall–Kier alpha value is -1.44. The molecule has 24 heavy (non-hydrogen) atoms. The number of fused-ring (bicyclic) bond motifs is 1. The summed E-state index contributed by atoms with van der Waals surface area (Å²) < 4.78 is 11.2. The summed E-state index contributed by atoms with van der Waals surface area (Å²) in [7, 11) is 0. The molecule has 3 aliphatic heterocycles. The van der Waals surface area contributed by atoms with Gasteiger partial charge in [0, 0.05) is 32.3 Å². The molecule has 0 spiro atoms. The zero-order chi connectivity index (χ0) is 16.7. The lowest BCUT2D eigenvalue weighted by molar-refractivity contribution is -0.159. The van der Waals surface area contributed by atoms with Crippen LogP contribution in [0.5, 0.6) is 0 Å². The number of hydrogen-bond donors (Lipinski definition) is 0. The fourth-order valence-electron chi connectivity index (χ4n) is 3.93. The predicted molar refractivity (Wildman–Crippen MR) is 89.2 cm³/mol. The highest BCUT2D eigenvalue weighted by molar-refractivity contribution is 7.12. The third-order valence-corrected chi connectivity index (χ3v) is 6.15. The van der Waals surface area contributed by atoms with Gasteiger partial charge in [-0.15, -0.1) is 11.3 Å². The first-order chi connectivity index (χ1) is 11.6. The van der Waals surface area contributed by atoms with Gasteiger partial charge < -0.3 is 19.3 Å². The minimum atomic E-state index is -0.0736. The molecule has 3 aliphatic rings. The molecule has 0 N–H and O–H groups in total. The number of morpholine rings is 1. The first kappa shape index (κ1) is 16.1. The number of amides is 2. The fraction of sp³-hybridized carbons (Fsp3) is 0.647. The molecule has 2 amide bonds. The van der Waals surface area contributed by atoms with E-state index in [2.05, 4.69) is 0 Å². The van der Waals surface area contributed by atoms with E-state index in [-0.39, 0.29) is 36.6 Å². The maximum atomic E-state index is 12.7. The number of carbonyl (C=O) groups is 2. The third kappa shape index (κ3) is 2.85. The van der Waals surface area contributed by atoms with Crippen LogP contribution in [0.3, 0.4) is 0 Å². The average Bonchev–Trinajstić information content (AvgIpc) is 3.21. The summed E-state index contributed by atoms with van der Waals surface area (Å²) >= 11 is 1.48. The smallest absolute Gasteiger partial charge is 0.264 e.